The van der Waals surface area contributed by atoms with Crippen LogP contribution in [0.1, 0.15) is 17.3 Å². The molecular formula is C19H20IN3O3S. The summed E-state index contributed by atoms with van der Waals surface area (Å²) in [5.41, 5.74) is 2.09. The van der Waals surface area contributed by atoms with E-state index in [0.29, 0.717) is 14.8 Å². The Labute approximate surface area is 172 Å². The van der Waals surface area contributed by atoms with Crippen LogP contribution in [-0.2, 0) is 16.6 Å². The van der Waals surface area contributed by atoms with Gasteiger partial charge in [0.1, 0.15) is 0 Å². The van der Waals surface area contributed by atoms with Gasteiger partial charge >= 0.3 is 0 Å². The third-order valence-corrected chi connectivity index (χ3v) is 7.08. The van der Waals surface area contributed by atoms with Gasteiger partial charge < -0.3 is 9.88 Å². The number of nitrogens with one attached hydrogen (secondary N) is 1. The molecule has 142 valence electrons. The maximum Gasteiger partial charge on any atom is 0.256 e. The molecule has 0 spiro atoms. The van der Waals surface area contributed by atoms with E-state index in [4.69, 9.17) is 0 Å². The normalized spacial score (nSPS) is 11.9. The van der Waals surface area contributed by atoms with Crippen LogP contribution in [0.2, 0.25) is 0 Å². The molecule has 0 bridgehead atoms. The lowest BCUT2D eigenvalue weighted by Gasteiger charge is -2.13. The Bertz CT molecular complexity index is 1120. The lowest BCUT2D eigenvalue weighted by Crippen LogP contribution is -2.23. The molecule has 0 aliphatic rings. The molecule has 0 fully saturated rings. The lowest BCUT2D eigenvalue weighted by atomic mass is 10.2. The highest BCUT2D eigenvalue weighted by Crippen LogP contribution is 2.23. The third-order valence-electron chi connectivity index (χ3n) is 4.33. The van der Waals surface area contributed by atoms with Crippen LogP contribution in [0.5, 0.6) is 0 Å². The molecule has 0 aliphatic heterocycles. The highest BCUT2D eigenvalue weighted by Gasteiger charge is 2.20. The van der Waals surface area contributed by atoms with Crippen molar-refractivity contribution in [1.29, 1.82) is 0 Å². The minimum atomic E-state index is -3.60. The van der Waals surface area contributed by atoms with Gasteiger partial charge in [0.15, 0.2) is 0 Å². The Morgan fingerprint density at radius 3 is 2.56 bits per heavy atom. The van der Waals surface area contributed by atoms with E-state index in [2.05, 4.69) is 16.8 Å². The number of nitrogens with zero attached hydrogens (tertiary/aromatic N) is 2. The number of sulfonamides is 1. The zero-order chi connectivity index (χ0) is 19.8. The highest BCUT2D eigenvalue weighted by molar-refractivity contribution is 14.1. The molecule has 0 saturated carbocycles. The predicted octanol–water partition coefficient (Wildman–Crippen LogP) is 3.77. The number of fused-ring (bicyclic) bond motifs is 1. The smallest absolute Gasteiger partial charge is 0.256 e. The van der Waals surface area contributed by atoms with Crippen LogP contribution < -0.4 is 5.32 Å². The van der Waals surface area contributed by atoms with Crippen molar-refractivity contribution >= 4 is 55.1 Å². The van der Waals surface area contributed by atoms with E-state index < -0.39 is 10.0 Å². The fraction of sp³-hybridized carbons (Fsp3) is 0.211. The molecule has 0 aliphatic carbocycles. The van der Waals surface area contributed by atoms with Gasteiger partial charge in [-0.25, -0.2) is 12.7 Å². The van der Waals surface area contributed by atoms with Gasteiger partial charge in [0.05, 0.1) is 10.5 Å². The summed E-state index contributed by atoms with van der Waals surface area (Å²) in [5.74, 6) is -0.343. The number of halogens is 1. The van der Waals surface area contributed by atoms with Crippen molar-refractivity contribution in [1.82, 2.24) is 8.87 Å². The average molecular weight is 497 g/mol. The lowest BCUT2D eigenvalue weighted by molar-refractivity contribution is 0.102. The van der Waals surface area contributed by atoms with Gasteiger partial charge in [0.25, 0.3) is 5.91 Å². The van der Waals surface area contributed by atoms with Crippen LogP contribution in [0, 0.1) is 3.57 Å². The van der Waals surface area contributed by atoms with E-state index in [9.17, 15) is 13.2 Å². The number of carbonyl (C=O) groups is 1. The first-order valence-electron chi connectivity index (χ1n) is 8.36. The number of rotatable bonds is 5. The minimum absolute atomic E-state index is 0.0912. The van der Waals surface area contributed by atoms with Gasteiger partial charge in [0, 0.05) is 47.0 Å². The quantitative estimate of drug-likeness (QED) is 0.546. The number of hydrogen-bond donors (Lipinski definition) is 1. The fourth-order valence-electron chi connectivity index (χ4n) is 2.80. The Morgan fingerprint density at radius 1 is 1.15 bits per heavy atom. The molecule has 1 heterocycles. The van der Waals surface area contributed by atoms with Crippen LogP contribution >= 0.6 is 22.6 Å². The molecule has 0 unspecified atom stereocenters. The first-order valence-corrected chi connectivity index (χ1v) is 10.9. The number of aromatic nitrogens is 1. The van der Waals surface area contributed by atoms with Gasteiger partial charge in [-0.05, 0) is 72.0 Å². The summed E-state index contributed by atoms with van der Waals surface area (Å²) in [6.45, 7) is 2.95. The summed E-state index contributed by atoms with van der Waals surface area (Å²) < 4.78 is 28.6. The molecule has 0 saturated heterocycles. The first kappa shape index (κ1) is 19.8. The monoisotopic (exact) mass is 497 g/mol. The SMILES string of the molecule is CCn1ccc2cc(NC(=O)c3cc(S(=O)(=O)N(C)C)ccc3I)ccc21. The van der Waals surface area contributed by atoms with E-state index in [1.165, 1.54) is 26.2 Å². The standard InChI is InChI=1S/C19H20IN3O3S/c1-4-23-10-9-13-11-14(5-8-18(13)23)21-19(24)16-12-15(6-7-17(16)20)27(25,26)22(2)3/h5-12H,4H2,1-3H3,(H,21,24). The van der Waals surface area contributed by atoms with Crippen molar-refractivity contribution in [2.45, 2.75) is 18.4 Å². The van der Waals surface area contributed by atoms with Gasteiger partial charge in [0.2, 0.25) is 10.0 Å². The molecule has 27 heavy (non-hydrogen) atoms. The average Bonchev–Trinajstić information content (AvgIpc) is 3.03. The molecule has 1 aromatic heterocycles. The number of hydrogen-bond acceptors (Lipinski definition) is 3. The fourth-order valence-corrected chi connectivity index (χ4v) is 4.31. The van der Waals surface area contributed by atoms with E-state index in [-0.39, 0.29) is 10.8 Å². The largest absolute Gasteiger partial charge is 0.348 e. The second-order valence-electron chi connectivity index (χ2n) is 6.26. The van der Waals surface area contributed by atoms with Gasteiger partial charge in [-0.3, -0.25) is 4.79 Å². The van der Waals surface area contributed by atoms with Crippen LogP contribution in [0.4, 0.5) is 5.69 Å². The molecule has 1 amide bonds. The first-order chi connectivity index (χ1) is 12.7. The summed E-state index contributed by atoms with van der Waals surface area (Å²) >= 11 is 2.03. The molecule has 2 aromatic carbocycles. The van der Waals surface area contributed by atoms with Crippen LogP contribution in [0.15, 0.2) is 53.6 Å². The molecular weight excluding hydrogens is 477 g/mol. The summed E-state index contributed by atoms with van der Waals surface area (Å²) in [6, 6.07) is 12.3. The molecule has 0 atom stereocenters. The van der Waals surface area contributed by atoms with Crippen molar-refractivity contribution in [3.8, 4) is 0 Å². The van der Waals surface area contributed by atoms with Crippen molar-refractivity contribution in [3.05, 3.63) is 57.8 Å². The Balaban J connectivity index is 1.92. The van der Waals surface area contributed by atoms with Crippen molar-refractivity contribution < 1.29 is 13.2 Å². The molecule has 0 radical (unpaired) electrons. The molecule has 3 aromatic rings. The van der Waals surface area contributed by atoms with Crippen molar-refractivity contribution in [3.63, 3.8) is 0 Å². The second kappa shape index (κ2) is 7.61. The topological polar surface area (TPSA) is 71.4 Å². The van der Waals surface area contributed by atoms with Crippen molar-refractivity contribution in [2.75, 3.05) is 19.4 Å². The molecule has 1 N–H and O–H groups in total. The summed E-state index contributed by atoms with van der Waals surface area (Å²) in [5, 5.41) is 3.90. The van der Waals surface area contributed by atoms with Crippen LogP contribution in [0.3, 0.4) is 0 Å². The van der Waals surface area contributed by atoms with E-state index in [0.717, 1.165) is 21.8 Å². The predicted molar refractivity (Wildman–Crippen MR) is 116 cm³/mol. The van der Waals surface area contributed by atoms with Crippen LogP contribution in [0.25, 0.3) is 10.9 Å². The zero-order valence-electron chi connectivity index (χ0n) is 15.2. The number of anilines is 1. The van der Waals surface area contributed by atoms with E-state index >= 15 is 0 Å². The van der Waals surface area contributed by atoms with E-state index in [1.807, 2.05) is 53.1 Å². The summed E-state index contributed by atoms with van der Waals surface area (Å²) in [7, 11) is -0.678. The number of aryl methyl sites for hydroxylation is 1. The Morgan fingerprint density at radius 2 is 1.89 bits per heavy atom. The maximum absolute atomic E-state index is 12.8. The van der Waals surface area contributed by atoms with Gasteiger partial charge in [-0.1, -0.05) is 0 Å². The summed E-state index contributed by atoms with van der Waals surface area (Å²) in [4.78, 5) is 12.8. The minimum Gasteiger partial charge on any atom is -0.348 e. The molecule has 3 rings (SSSR count). The van der Waals surface area contributed by atoms with Gasteiger partial charge in [-0.15, -0.1) is 0 Å². The van der Waals surface area contributed by atoms with Crippen LogP contribution in [-0.4, -0.2) is 37.3 Å². The van der Waals surface area contributed by atoms with Gasteiger partial charge in [-0.2, -0.15) is 0 Å². The Kier molecular flexibility index (Phi) is 5.59. The Hall–Kier alpha value is -1.91. The number of benzene rings is 2. The maximum atomic E-state index is 12.8. The third kappa shape index (κ3) is 3.87. The number of amides is 1. The number of carbonyl (C=O) groups excluding carboxylic acids is 1. The van der Waals surface area contributed by atoms with E-state index in [1.54, 1.807) is 6.07 Å². The second-order valence-corrected chi connectivity index (χ2v) is 9.57. The molecule has 8 heteroatoms. The highest BCUT2D eigenvalue weighted by atomic mass is 127. The zero-order valence-corrected chi connectivity index (χ0v) is 18.2. The summed E-state index contributed by atoms with van der Waals surface area (Å²) in [6.07, 6.45) is 2.01. The molecule has 6 nitrogen and oxygen atoms in total. The van der Waals surface area contributed by atoms with Crippen molar-refractivity contribution in [2.24, 2.45) is 0 Å².